The zero-order valence-electron chi connectivity index (χ0n) is 5.31. The van der Waals surface area contributed by atoms with Gasteiger partial charge in [-0.05, 0) is 6.92 Å². The SMILES string of the molecule is CC(=O)CC=O.O=S(O)O.[NaH]. The van der Waals surface area contributed by atoms with Gasteiger partial charge in [0.1, 0.15) is 12.1 Å². The molecule has 62 valence electrons. The fraction of sp³-hybridized carbons (Fsp3) is 0.500. The van der Waals surface area contributed by atoms with Crippen LogP contribution in [0.15, 0.2) is 0 Å². The standard InChI is InChI=1S/C4H6O2.Na.H2O3S.H/c1-4(6)2-3-5;;1-4(2)3;/h3H,2H2,1H3;;(H2,1,2,3);. The van der Waals surface area contributed by atoms with Crippen molar-refractivity contribution in [3.63, 3.8) is 0 Å². The van der Waals surface area contributed by atoms with Gasteiger partial charge in [-0.3, -0.25) is 13.9 Å². The van der Waals surface area contributed by atoms with Crippen LogP contribution in [0.3, 0.4) is 0 Å². The van der Waals surface area contributed by atoms with Crippen LogP contribution in [0.25, 0.3) is 0 Å². The van der Waals surface area contributed by atoms with E-state index in [2.05, 4.69) is 0 Å². The number of carbonyl (C=O) groups excluding carboxylic acids is 2. The van der Waals surface area contributed by atoms with Crippen molar-refractivity contribution in [1.29, 1.82) is 0 Å². The molecule has 0 saturated heterocycles. The second-order valence-electron chi connectivity index (χ2n) is 1.30. The minimum atomic E-state index is -2.61. The summed E-state index contributed by atoms with van der Waals surface area (Å²) in [7, 11) is 0. The van der Waals surface area contributed by atoms with Crippen molar-refractivity contribution in [3.8, 4) is 0 Å². The molecule has 11 heavy (non-hydrogen) atoms. The summed E-state index contributed by atoms with van der Waals surface area (Å²) in [5.41, 5.74) is 0. The third kappa shape index (κ3) is 63.3. The molecule has 5 nitrogen and oxygen atoms in total. The molecule has 2 N–H and O–H groups in total. The number of hydrogen-bond acceptors (Lipinski definition) is 3. The van der Waals surface area contributed by atoms with Gasteiger partial charge in [0.05, 0.1) is 6.42 Å². The molecular weight excluding hydrogens is 183 g/mol. The van der Waals surface area contributed by atoms with E-state index >= 15 is 0 Å². The summed E-state index contributed by atoms with van der Waals surface area (Å²) < 4.78 is 22.8. The first-order chi connectivity index (χ1) is 4.50. The van der Waals surface area contributed by atoms with E-state index in [1.54, 1.807) is 0 Å². The number of aldehydes is 1. The van der Waals surface area contributed by atoms with Gasteiger partial charge in [0.15, 0.2) is 0 Å². The molecule has 0 saturated carbocycles. The summed E-state index contributed by atoms with van der Waals surface area (Å²) in [5, 5.41) is 0. The Morgan fingerprint density at radius 3 is 1.82 bits per heavy atom. The van der Waals surface area contributed by atoms with Crippen molar-refractivity contribution in [2.45, 2.75) is 13.3 Å². The van der Waals surface area contributed by atoms with Crippen LogP contribution in [-0.4, -0.2) is 54.9 Å². The van der Waals surface area contributed by atoms with Crippen molar-refractivity contribution in [2.24, 2.45) is 0 Å². The normalized spacial score (nSPS) is 7.27. The van der Waals surface area contributed by atoms with E-state index in [1.165, 1.54) is 6.92 Å². The molecule has 0 amide bonds. The van der Waals surface area contributed by atoms with Crippen LogP contribution in [0.4, 0.5) is 0 Å². The Morgan fingerprint density at radius 1 is 1.55 bits per heavy atom. The van der Waals surface area contributed by atoms with E-state index in [4.69, 9.17) is 13.3 Å². The first-order valence-electron chi connectivity index (χ1n) is 2.23. The van der Waals surface area contributed by atoms with Crippen LogP contribution in [0.1, 0.15) is 13.3 Å². The van der Waals surface area contributed by atoms with Gasteiger partial charge >= 0.3 is 29.6 Å². The average molecular weight is 192 g/mol. The van der Waals surface area contributed by atoms with Gasteiger partial charge in [-0.2, -0.15) is 4.21 Å². The Balaban J connectivity index is -0.000000114. The third-order valence-electron chi connectivity index (χ3n) is 0.371. The Bertz CT molecular complexity index is 132. The summed E-state index contributed by atoms with van der Waals surface area (Å²) in [6.45, 7) is 1.38. The summed E-state index contributed by atoms with van der Waals surface area (Å²) in [5.74, 6) is -0.0787. The fourth-order valence-corrected chi connectivity index (χ4v) is 0.117. The molecule has 0 rings (SSSR count). The molecule has 0 aromatic rings. The Morgan fingerprint density at radius 2 is 1.82 bits per heavy atom. The topological polar surface area (TPSA) is 91.7 Å². The second-order valence-corrected chi connectivity index (χ2v) is 1.76. The monoisotopic (exact) mass is 192 g/mol. The second kappa shape index (κ2) is 13.0. The predicted octanol–water partition coefficient (Wildman–Crippen LogP) is -0.803. The van der Waals surface area contributed by atoms with Crippen molar-refractivity contribution in [3.05, 3.63) is 0 Å². The summed E-state index contributed by atoms with van der Waals surface area (Å²) in [6.07, 6.45) is 0.655. The molecule has 7 heteroatoms. The first kappa shape index (κ1) is 17.5. The molecule has 0 radical (unpaired) electrons. The van der Waals surface area contributed by atoms with E-state index in [0.717, 1.165) is 0 Å². The van der Waals surface area contributed by atoms with Crippen molar-refractivity contribution in [1.82, 2.24) is 0 Å². The molecule has 0 bridgehead atoms. The fourth-order valence-electron chi connectivity index (χ4n) is 0.117. The number of carbonyl (C=O) groups is 2. The summed E-state index contributed by atoms with van der Waals surface area (Å²) in [4.78, 5) is 19.2. The molecule has 0 heterocycles. The van der Waals surface area contributed by atoms with Gasteiger partial charge in [0.25, 0.3) is 11.4 Å². The zero-order valence-corrected chi connectivity index (χ0v) is 6.13. The number of hydrogen-bond donors (Lipinski definition) is 2. The maximum atomic E-state index is 9.81. The van der Waals surface area contributed by atoms with Gasteiger partial charge < -0.3 is 4.79 Å². The van der Waals surface area contributed by atoms with Gasteiger partial charge in [-0.25, -0.2) is 0 Å². The van der Waals surface area contributed by atoms with Crippen molar-refractivity contribution >= 4 is 53.0 Å². The molecule has 0 aliphatic heterocycles. The van der Waals surface area contributed by atoms with Crippen LogP contribution >= 0.6 is 0 Å². The molecule has 0 aliphatic carbocycles. The average Bonchev–Trinajstić information content (AvgIpc) is 1.62. The molecule has 0 fully saturated rings. The number of ketones is 1. The van der Waals surface area contributed by atoms with E-state index < -0.39 is 11.4 Å². The summed E-state index contributed by atoms with van der Waals surface area (Å²) in [6, 6.07) is 0. The van der Waals surface area contributed by atoms with E-state index in [9.17, 15) is 9.59 Å². The number of rotatable bonds is 2. The van der Waals surface area contributed by atoms with Crippen LogP contribution in [-0.2, 0) is 21.0 Å². The van der Waals surface area contributed by atoms with Crippen LogP contribution in [0, 0.1) is 0 Å². The van der Waals surface area contributed by atoms with Gasteiger partial charge in [0.2, 0.25) is 0 Å². The molecule has 0 spiro atoms. The molecule has 0 unspecified atom stereocenters. The minimum absolute atomic E-state index is 0. The molecule has 0 aliphatic rings. The van der Waals surface area contributed by atoms with Gasteiger partial charge in [0, 0.05) is 0 Å². The van der Waals surface area contributed by atoms with E-state index in [0.29, 0.717) is 6.29 Å². The Labute approximate surface area is 89.0 Å². The van der Waals surface area contributed by atoms with E-state index in [1.807, 2.05) is 0 Å². The molecule has 0 atom stereocenters. The quantitative estimate of drug-likeness (QED) is 0.258. The molecule has 0 aromatic carbocycles. The zero-order chi connectivity index (χ0) is 8.57. The number of Topliss-reactive ketones (excluding diaryl/α,β-unsaturated/α-hetero) is 1. The third-order valence-corrected chi connectivity index (χ3v) is 0.371. The van der Waals surface area contributed by atoms with Crippen LogP contribution in [0.2, 0.25) is 0 Å². The van der Waals surface area contributed by atoms with Gasteiger partial charge in [-0.1, -0.05) is 0 Å². The Kier molecular flexibility index (Phi) is 20.7. The van der Waals surface area contributed by atoms with Crippen LogP contribution < -0.4 is 0 Å². The Hall–Kier alpha value is 0.410. The van der Waals surface area contributed by atoms with Crippen molar-refractivity contribution < 1.29 is 22.9 Å². The van der Waals surface area contributed by atoms with Crippen molar-refractivity contribution in [2.75, 3.05) is 0 Å². The van der Waals surface area contributed by atoms with E-state index in [-0.39, 0.29) is 41.8 Å². The van der Waals surface area contributed by atoms with Gasteiger partial charge in [-0.15, -0.1) is 0 Å². The summed E-state index contributed by atoms with van der Waals surface area (Å²) >= 11 is -2.61. The molecule has 0 aromatic heterocycles. The maximum absolute atomic E-state index is 9.81. The first-order valence-corrected chi connectivity index (χ1v) is 3.30. The van der Waals surface area contributed by atoms with Crippen LogP contribution in [0.5, 0.6) is 0 Å². The predicted molar refractivity (Wildman–Crippen MR) is 41.9 cm³/mol. The molecular formula is C4H9NaO5S.